The van der Waals surface area contributed by atoms with Crippen LogP contribution in [0.1, 0.15) is 12.8 Å². The maximum atomic E-state index is 6.17. The second kappa shape index (κ2) is 5.29. The van der Waals surface area contributed by atoms with Gasteiger partial charge in [0.25, 0.3) is 0 Å². The molecule has 1 aliphatic rings. The Morgan fingerprint density at radius 3 is 2.83 bits per heavy atom. The zero-order valence-electron chi connectivity index (χ0n) is 12.7. The van der Waals surface area contributed by atoms with Gasteiger partial charge in [-0.2, -0.15) is 0 Å². The van der Waals surface area contributed by atoms with E-state index in [4.69, 9.17) is 11.5 Å². The van der Waals surface area contributed by atoms with E-state index in [0.29, 0.717) is 6.54 Å². The van der Waals surface area contributed by atoms with Gasteiger partial charge in [0.05, 0.1) is 16.7 Å². The molecule has 1 saturated heterocycles. The van der Waals surface area contributed by atoms with E-state index in [1.54, 1.807) is 12.4 Å². The normalized spacial score (nSPS) is 17.6. The van der Waals surface area contributed by atoms with Gasteiger partial charge in [-0.15, -0.1) is 0 Å². The van der Waals surface area contributed by atoms with Crippen molar-refractivity contribution in [1.29, 1.82) is 0 Å². The average Bonchev–Trinajstić information content (AvgIpc) is 2.99. The van der Waals surface area contributed by atoms with Crippen LogP contribution >= 0.6 is 0 Å². The third-order valence-corrected chi connectivity index (χ3v) is 4.32. The number of anilines is 1. The lowest BCUT2D eigenvalue weighted by Gasteiger charge is -2.39. The van der Waals surface area contributed by atoms with Gasteiger partial charge >= 0.3 is 0 Å². The lowest BCUT2D eigenvalue weighted by molar-refractivity contribution is 0.356. The van der Waals surface area contributed by atoms with Gasteiger partial charge in [0.15, 0.2) is 0 Å². The van der Waals surface area contributed by atoms with E-state index >= 15 is 0 Å². The van der Waals surface area contributed by atoms with Crippen molar-refractivity contribution in [2.45, 2.75) is 18.5 Å². The maximum Gasteiger partial charge on any atom is 0.139 e. The molecule has 3 aromatic rings. The van der Waals surface area contributed by atoms with Crippen molar-refractivity contribution < 1.29 is 0 Å². The number of nitrogens with two attached hydrogens (primary N) is 2. The van der Waals surface area contributed by atoms with Crippen molar-refractivity contribution in [2.24, 2.45) is 11.5 Å². The summed E-state index contributed by atoms with van der Waals surface area (Å²) >= 11 is 0. The van der Waals surface area contributed by atoms with E-state index in [9.17, 15) is 0 Å². The highest BCUT2D eigenvalue weighted by Crippen LogP contribution is 2.35. The molecular formula is C16H19N7. The minimum absolute atomic E-state index is 0.627. The van der Waals surface area contributed by atoms with E-state index in [2.05, 4.69) is 24.8 Å². The van der Waals surface area contributed by atoms with Crippen LogP contribution in [-0.4, -0.2) is 38.7 Å². The number of aromatic amines is 1. The van der Waals surface area contributed by atoms with Gasteiger partial charge in [-0.3, -0.25) is 0 Å². The monoisotopic (exact) mass is 309 g/mol. The molecular weight excluding hydrogens is 290 g/mol. The number of rotatable bonds is 2. The third kappa shape index (κ3) is 2.54. The molecule has 0 aliphatic carbocycles. The van der Waals surface area contributed by atoms with Crippen molar-refractivity contribution in [2.75, 3.05) is 18.0 Å². The van der Waals surface area contributed by atoms with Crippen LogP contribution in [0.4, 0.5) is 5.69 Å². The number of hydrogen-bond acceptors (Lipinski definition) is 6. The Morgan fingerprint density at radius 1 is 1.22 bits per heavy atom. The molecule has 4 rings (SSSR count). The Morgan fingerprint density at radius 2 is 2.04 bits per heavy atom. The number of nitrogens with zero attached hydrogens (tertiary/aromatic N) is 4. The fraction of sp³-hybridized carbons (Fsp3) is 0.312. The number of hydrogen-bond donors (Lipinski definition) is 3. The zero-order valence-corrected chi connectivity index (χ0v) is 12.7. The summed E-state index contributed by atoms with van der Waals surface area (Å²) in [5.74, 6) is 0. The number of nitrogens with one attached hydrogen (secondary N) is 1. The van der Waals surface area contributed by atoms with Gasteiger partial charge in [0, 0.05) is 49.0 Å². The highest BCUT2D eigenvalue weighted by Gasteiger charge is 2.29. The summed E-state index contributed by atoms with van der Waals surface area (Å²) in [4.78, 5) is 18.1. The van der Waals surface area contributed by atoms with Gasteiger partial charge in [0.2, 0.25) is 0 Å². The maximum absolute atomic E-state index is 6.17. The van der Waals surface area contributed by atoms with E-state index in [1.165, 1.54) is 6.33 Å². The van der Waals surface area contributed by atoms with Crippen LogP contribution in [0.3, 0.4) is 0 Å². The molecule has 5 N–H and O–H groups in total. The van der Waals surface area contributed by atoms with E-state index < -0.39 is 5.66 Å². The fourth-order valence-electron chi connectivity index (χ4n) is 3.29. The van der Waals surface area contributed by atoms with Crippen molar-refractivity contribution in [1.82, 2.24) is 19.9 Å². The highest BCUT2D eigenvalue weighted by atomic mass is 15.2. The first-order chi connectivity index (χ1) is 11.1. The van der Waals surface area contributed by atoms with Gasteiger partial charge in [-0.25, -0.2) is 15.0 Å². The summed E-state index contributed by atoms with van der Waals surface area (Å²) in [6.45, 7) is 1.56. The molecule has 0 aromatic carbocycles. The number of aromatic nitrogens is 4. The topological polar surface area (TPSA) is 110 Å². The van der Waals surface area contributed by atoms with E-state index in [1.807, 2.05) is 18.5 Å². The molecule has 3 aromatic heterocycles. The summed E-state index contributed by atoms with van der Waals surface area (Å²) in [5.41, 5.74) is 15.6. The smallest absolute Gasteiger partial charge is 0.139 e. The van der Waals surface area contributed by atoms with Crippen LogP contribution in [0.5, 0.6) is 0 Å². The first-order valence-electron chi connectivity index (χ1n) is 7.68. The van der Waals surface area contributed by atoms with Crippen molar-refractivity contribution in [3.63, 3.8) is 0 Å². The number of fused-ring (bicyclic) bond motifs is 1. The Hall–Kier alpha value is -2.51. The molecule has 0 amide bonds. The molecule has 0 radical (unpaired) electrons. The molecule has 0 bridgehead atoms. The van der Waals surface area contributed by atoms with Crippen LogP contribution in [0.15, 0.2) is 37.2 Å². The molecule has 4 heterocycles. The van der Waals surface area contributed by atoms with Crippen molar-refractivity contribution in [3.8, 4) is 11.1 Å². The Labute approximate surface area is 133 Å². The largest absolute Gasteiger partial charge is 0.368 e. The molecule has 7 heteroatoms. The van der Waals surface area contributed by atoms with Gasteiger partial charge < -0.3 is 21.4 Å². The fourth-order valence-corrected chi connectivity index (χ4v) is 3.29. The molecule has 1 fully saturated rings. The molecule has 1 aliphatic heterocycles. The quantitative estimate of drug-likeness (QED) is 0.614. The molecule has 118 valence electrons. The van der Waals surface area contributed by atoms with Gasteiger partial charge in [0.1, 0.15) is 12.0 Å². The Kier molecular flexibility index (Phi) is 3.24. The molecule has 7 nitrogen and oxygen atoms in total. The lowest BCUT2D eigenvalue weighted by atomic mass is 9.98. The number of piperidine rings is 1. The summed E-state index contributed by atoms with van der Waals surface area (Å²) in [5, 5.41) is 1.06. The summed E-state index contributed by atoms with van der Waals surface area (Å²) in [6, 6.07) is 2.02. The average molecular weight is 309 g/mol. The van der Waals surface area contributed by atoms with Crippen LogP contribution < -0.4 is 16.4 Å². The summed E-state index contributed by atoms with van der Waals surface area (Å²) in [7, 11) is 0. The van der Waals surface area contributed by atoms with E-state index in [0.717, 1.165) is 47.2 Å². The van der Waals surface area contributed by atoms with E-state index in [-0.39, 0.29) is 0 Å². The van der Waals surface area contributed by atoms with Crippen LogP contribution in [0.2, 0.25) is 0 Å². The molecule has 23 heavy (non-hydrogen) atoms. The van der Waals surface area contributed by atoms with Crippen LogP contribution in [0, 0.1) is 0 Å². The predicted octanol–water partition coefficient (Wildman–Crippen LogP) is 1.23. The summed E-state index contributed by atoms with van der Waals surface area (Å²) < 4.78 is 0. The summed E-state index contributed by atoms with van der Waals surface area (Å²) in [6.07, 6.45) is 10.7. The predicted molar refractivity (Wildman–Crippen MR) is 89.7 cm³/mol. The minimum Gasteiger partial charge on any atom is -0.368 e. The van der Waals surface area contributed by atoms with Gasteiger partial charge in [-0.05, 0) is 18.9 Å². The first kappa shape index (κ1) is 14.1. The molecule has 0 saturated carbocycles. The van der Waals surface area contributed by atoms with Crippen molar-refractivity contribution >= 4 is 16.7 Å². The SMILES string of the molecule is NC1(N)CCCN(c2ccnc3[nH]cc(-c4cncnc4)c23)C1. The molecule has 0 atom stereocenters. The zero-order chi connectivity index (χ0) is 15.9. The minimum atomic E-state index is -0.653. The lowest BCUT2D eigenvalue weighted by Crippen LogP contribution is -2.60. The second-order valence-electron chi connectivity index (χ2n) is 6.14. The van der Waals surface area contributed by atoms with Gasteiger partial charge in [-0.1, -0.05) is 0 Å². The Balaban J connectivity index is 1.86. The second-order valence-corrected chi connectivity index (χ2v) is 6.14. The molecule has 0 unspecified atom stereocenters. The highest BCUT2D eigenvalue weighted by molar-refractivity contribution is 6.02. The third-order valence-electron chi connectivity index (χ3n) is 4.32. The van der Waals surface area contributed by atoms with Crippen LogP contribution in [-0.2, 0) is 0 Å². The standard InChI is InChI=1S/C16H19N7/c17-16(18)3-1-5-23(9-16)13-2-4-21-15-14(13)12(8-22-15)11-6-19-10-20-7-11/h2,4,6-8,10H,1,3,5,9,17-18H2,(H,21,22). The first-order valence-corrected chi connectivity index (χ1v) is 7.68. The van der Waals surface area contributed by atoms with Crippen molar-refractivity contribution in [3.05, 3.63) is 37.2 Å². The van der Waals surface area contributed by atoms with Crippen LogP contribution in [0.25, 0.3) is 22.2 Å². The number of H-pyrrole nitrogens is 1. The Bertz CT molecular complexity index is 825. The number of pyridine rings is 1. The molecule has 0 spiro atoms.